The first kappa shape index (κ1) is 16.4. The van der Waals surface area contributed by atoms with Crippen LogP contribution in [0.3, 0.4) is 0 Å². The molecule has 0 bridgehead atoms. The summed E-state index contributed by atoms with van der Waals surface area (Å²) in [6, 6.07) is 3.67. The Balaban J connectivity index is 1.57. The van der Waals surface area contributed by atoms with Gasteiger partial charge in [-0.25, -0.2) is 0 Å². The van der Waals surface area contributed by atoms with Crippen LogP contribution in [-0.4, -0.2) is 63.2 Å². The maximum absolute atomic E-state index is 12.6. The molecule has 1 amide bonds. The fourth-order valence-electron chi connectivity index (χ4n) is 2.84. The predicted octanol–water partition coefficient (Wildman–Crippen LogP) is 0.758. The normalized spacial score (nSPS) is 20.3. The van der Waals surface area contributed by atoms with Gasteiger partial charge in [0.2, 0.25) is 5.91 Å². The molecule has 2 aromatic heterocycles. The minimum Gasteiger partial charge on any atom is -0.490 e. The van der Waals surface area contributed by atoms with Crippen LogP contribution in [0.2, 0.25) is 0 Å². The summed E-state index contributed by atoms with van der Waals surface area (Å²) < 4.78 is 12.9. The van der Waals surface area contributed by atoms with Gasteiger partial charge in [0.25, 0.3) is 0 Å². The highest BCUT2D eigenvalue weighted by Crippen LogP contribution is 2.22. The molecule has 1 aliphatic heterocycles. The molecule has 8 heteroatoms. The average Bonchev–Trinajstić information content (AvgIpc) is 3.28. The highest BCUT2D eigenvalue weighted by Gasteiger charge is 2.35. The molecule has 0 aliphatic carbocycles. The first-order chi connectivity index (χ1) is 11.8. The van der Waals surface area contributed by atoms with Gasteiger partial charge in [-0.3, -0.25) is 14.5 Å². The molecule has 0 saturated carbocycles. The molecule has 0 spiro atoms. The van der Waals surface area contributed by atoms with Gasteiger partial charge in [0.05, 0.1) is 31.1 Å². The topological polar surface area (TPSA) is 82.4 Å². The summed E-state index contributed by atoms with van der Waals surface area (Å²) in [5.74, 6) is 0.776. The van der Waals surface area contributed by atoms with E-state index in [0.29, 0.717) is 31.9 Å². The molecule has 1 fully saturated rings. The Labute approximate surface area is 140 Å². The van der Waals surface area contributed by atoms with Crippen molar-refractivity contribution in [1.29, 1.82) is 0 Å². The van der Waals surface area contributed by atoms with E-state index >= 15 is 0 Å². The second kappa shape index (κ2) is 7.87. The van der Waals surface area contributed by atoms with Gasteiger partial charge in [0.15, 0.2) is 0 Å². The number of carbonyl (C=O) groups is 1. The van der Waals surface area contributed by atoms with Crippen LogP contribution in [-0.2, 0) is 16.1 Å². The predicted molar refractivity (Wildman–Crippen MR) is 85.3 cm³/mol. The van der Waals surface area contributed by atoms with E-state index in [0.717, 1.165) is 6.42 Å². The zero-order valence-electron chi connectivity index (χ0n) is 13.6. The Kier molecular flexibility index (Phi) is 5.37. The molecule has 0 radical (unpaired) electrons. The third kappa shape index (κ3) is 4.08. The number of rotatable bonds is 7. The highest BCUT2D eigenvalue weighted by molar-refractivity contribution is 5.76. The summed E-state index contributed by atoms with van der Waals surface area (Å²) in [5, 5.41) is 7.62. The minimum absolute atomic E-state index is 0.00148. The zero-order valence-corrected chi connectivity index (χ0v) is 13.6. The first-order valence-electron chi connectivity index (χ1n) is 7.95. The SMILES string of the molecule is CO[C@@H]1C[C@@H](COc2cccnc2)N(C(=O)CCn2ccnn2)C1. The van der Waals surface area contributed by atoms with Gasteiger partial charge in [-0.2, -0.15) is 0 Å². The molecule has 24 heavy (non-hydrogen) atoms. The molecular weight excluding hydrogens is 310 g/mol. The smallest absolute Gasteiger partial charge is 0.224 e. The van der Waals surface area contributed by atoms with E-state index in [-0.39, 0.29) is 18.1 Å². The van der Waals surface area contributed by atoms with Crippen molar-refractivity contribution in [1.82, 2.24) is 24.9 Å². The van der Waals surface area contributed by atoms with Gasteiger partial charge in [-0.15, -0.1) is 5.10 Å². The molecule has 2 aromatic rings. The minimum atomic E-state index is -0.00148. The number of pyridine rings is 1. The highest BCUT2D eigenvalue weighted by atomic mass is 16.5. The number of likely N-dealkylation sites (tertiary alicyclic amines) is 1. The molecule has 128 valence electrons. The van der Waals surface area contributed by atoms with E-state index in [4.69, 9.17) is 9.47 Å². The van der Waals surface area contributed by atoms with E-state index in [1.54, 1.807) is 36.6 Å². The van der Waals surface area contributed by atoms with Crippen LogP contribution < -0.4 is 4.74 Å². The molecule has 1 saturated heterocycles. The van der Waals surface area contributed by atoms with Gasteiger partial charge in [-0.05, 0) is 18.6 Å². The van der Waals surface area contributed by atoms with Gasteiger partial charge in [0.1, 0.15) is 12.4 Å². The van der Waals surface area contributed by atoms with E-state index < -0.39 is 0 Å². The summed E-state index contributed by atoms with van der Waals surface area (Å²) in [6.07, 6.45) is 7.91. The lowest BCUT2D eigenvalue weighted by Crippen LogP contribution is -2.39. The van der Waals surface area contributed by atoms with Gasteiger partial charge >= 0.3 is 0 Å². The van der Waals surface area contributed by atoms with Crippen molar-refractivity contribution in [2.75, 3.05) is 20.3 Å². The number of methoxy groups -OCH3 is 1. The Bertz CT molecular complexity index is 634. The van der Waals surface area contributed by atoms with Gasteiger partial charge < -0.3 is 14.4 Å². The van der Waals surface area contributed by atoms with Crippen molar-refractivity contribution in [2.24, 2.45) is 0 Å². The third-order valence-corrected chi connectivity index (χ3v) is 4.13. The second-order valence-corrected chi connectivity index (χ2v) is 5.71. The van der Waals surface area contributed by atoms with E-state index in [9.17, 15) is 4.79 Å². The number of amides is 1. The number of aryl methyl sites for hydroxylation is 1. The molecular formula is C16H21N5O3. The van der Waals surface area contributed by atoms with Crippen LogP contribution in [0.1, 0.15) is 12.8 Å². The summed E-state index contributed by atoms with van der Waals surface area (Å²) >= 11 is 0. The Hall–Kier alpha value is -2.48. The lowest BCUT2D eigenvalue weighted by Gasteiger charge is -2.24. The lowest BCUT2D eigenvalue weighted by molar-refractivity contribution is -0.133. The van der Waals surface area contributed by atoms with Crippen molar-refractivity contribution in [2.45, 2.75) is 31.5 Å². The maximum Gasteiger partial charge on any atom is 0.224 e. The Morgan fingerprint density at radius 2 is 2.33 bits per heavy atom. The molecule has 0 unspecified atom stereocenters. The largest absolute Gasteiger partial charge is 0.490 e. The van der Waals surface area contributed by atoms with Crippen molar-refractivity contribution < 1.29 is 14.3 Å². The molecule has 2 atom stereocenters. The number of hydrogen-bond acceptors (Lipinski definition) is 6. The molecule has 8 nitrogen and oxygen atoms in total. The zero-order chi connectivity index (χ0) is 16.8. The van der Waals surface area contributed by atoms with Crippen LogP contribution in [0.25, 0.3) is 0 Å². The number of nitrogens with zero attached hydrogens (tertiary/aromatic N) is 5. The standard InChI is InChI=1S/C16H21N5O3/c1-23-15-9-13(12-24-14-3-2-5-17-10-14)21(11-15)16(22)4-7-20-8-6-18-19-20/h2-3,5-6,8,10,13,15H,4,7,9,11-12H2,1H3/t13-,15+/m0/s1. The summed E-state index contributed by atoms with van der Waals surface area (Å²) in [5.41, 5.74) is 0. The number of ether oxygens (including phenoxy) is 2. The third-order valence-electron chi connectivity index (χ3n) is 4.13. The summed E-state index contributed by atoms with van der Waals surface area (Å²) in [7, 11) is 1.67. The van der Waals surface area contributed by atoms with Gasteiger partial charge in [-0.1, -0.05) is 5.21 Å². The van der Waals surface area contributed by atoms with Crippen LogP contribution in [0.4, 0.5) is 0 Å². The van der Waals surface area contributed by atoms with Crippen LogP contribution in [0.5, 0.6) is 5.75 Å². The molecule has 0 N–H and O–H groups in total. The second-order valence-electron chi connectivity index (χ2n) is 5.71. The Morgan fingerprint density at radius 3 is 3.04 bits per heavy atom. The molecule has 0 aromatic carbocycles. The van der Waals surface area contributed by atoms with E-state index in [2.05, 4.69) is 15.3 Å². The van der Waals surface area contributed by atoms with E-state index in [1.807, 2.05) is 17.0 Å². The van der Waals surface area contributed by atoms with Crippen LogP contribution >= 0.6 is 0 Å². The summed E-state index contributed by atoms with van der Waals surface area (Å²) in [6.45, 7) is 1.54. The van der Waals surface area contributed by atoms with Crippen molar-refractivity contribution in [3.63, 3.8) is 0 Å². The molecule has 1 aliphatic rings. The van der Waals surface area contributed by atoms with Crippen LogP contribution in [0, 0.1) is 0 Å². The van der Waals surface area contributed by atoms with Crippen molar-refractivity contribution in [3.8, 4) is 5.75 Å². The number of hydrogen-bond donors (Lipinski definition) is 0. The van der Waals surface area contributed by atoms with Crippen LogP contribution in [0.15, 0.2) is 36.9 Å². The lowest BCUT2D eigenvalue weighted by atomic mass is 10.2. The summed E-state index contributed by atoms with van der Waals surface area (Å²) in [4.78, 5) is 18.4. The fourth-order valence-corrected chi connectivity index (χ4v) is 2.84. The number of aromatic nitrogens is 4. The van der Waals surface area contributed by atoms with E-state index in [1.165, 1.54) is 0 Å². The average molecular weight is 331 g/mol. The first-order valence-corrected chi connectivity index (χ1v) is 7.95. The monoisotopic (exact) mass is 331 g/mol. The van der Waals surface area contributed by atoms with Crippen molar-refractivity contribution in [3.05, 3.63) is 36.9 Å². The van der Waals surface area contributed by atoms with Crippen molar-refractivity contribution >= 4 is 5.91 Å². The number of carbonyl (C=O) groups excluding carboxylic acids is 1. The fraction of sp³-hybridized carbons (Fsp3) is 0.500. The molecule has 3 heterocycles. The quantitative estimate of drug-likeness (QED) is 0.745. The maximum atomic E-state index is 12.6. The Morgan fingerprint density at radius 1 is 1.42 bits per heavy atom. The van der Waals surface area contributed by atoms with Gasteiger partial charge in [0, 0.05) is 32.5 Å². The molecule has 3 rings (SSSR count).